The Morgan fingerprint density at radius 3 is 2.59 bits per heavy atom. The van der Waals surface area contributed by atoms with E-state index in [-0.39, 0.29) is 17.3 Å². The maximum Gasteiger partial charge on any atom is 0.187 e. The summed E-state index contributed by atoms with van der Waals surface area (Å²) in [5, 5.41) is 0. The lowest BCUT2D eigenvalue weighted by Gasteiger charge is -2.28. The maximum atomic E-state index is 12.9. The zero-order valence-electron chi connectivity index (χ0n) is 17.9. The fourth-order valence-electron chi connectivity index (χ4n) is 3.79. The Morgan fingerprint density at radius 1 is 1.19 bits per heavy atom. The van der Waals surface area contributed by atoms with Crippen LogP contribution in [0, 0.1) is 0 Å². The lowest BCUT2D eigenvalue weighted by Crippen LogP contribution is -2.37. The van der Waals surface area contributed by atoms with Crippen LogP contribution in [0.1, 0.15) is 12.0 Å². The van der Waals surface area contributed by atoms with Crippen molar-refractivity contribution in [1.29, 1.82) is 0 Å². The zero-order valence-corrected chi connectivity index (χ0v) is 18.7. The second-order valence-electron chi connectivity index (χ2n) is 7.90. The van der Waals surface area contributed by atoms with E-state index in [2.05, 4.69) is 4.98 Å². The molecule has 8 nitrogen and oxygen atoms in total. The number of nitrogens with two attached hydrogens (primary N) is 1. The molecule has 4 rings (SSSR count). The van der Waals surface area contributed by atoms with E-state index in [0.29, 0.717) is 25.1 Å². The number of imidazole rings is 1. The second-order valence-corrected chi connectivity index (χ2v) is 9.93. The smallest absolute Gasteiger partial charge is 0.187 e. The molecule has 0 saturated carbocycles. The van der Waals surface area contributed by atoms with Gasteiger partial charge < -0.3 is 24.5 Å². The molecule has 0 bridgehead atoms. The highest BCUT2D eigenvalue weighted by molar-refractivity contribution is 7.91. The number of nitrogens with zero attached hydrogens (tertiary/aromatic N) is 2. The Balaban J connectivity index is 1.47. The van der Waals surface area contributed by atoms with Gasteiger partial charge in [0, 0.05) is 24.5 Å². The minimum atomic E-state index is -3.54. The van der Waals surface area contributed by atoms with Crippen LogP contribution in [0.15, 0.2) is 72.1 Å². The first-order valence-corrected chi connectivity index (χ1v) is 12.0. The predicted octanol–water partition coefficient (Wildman–Crippen LogP) is 2.69. The summed E-state index contributed by atoms with van der Waals surface area (Å²) >= 11 is 0. The van der Waals surface area contributed by atoms with Gasteiger partial charge in [0.2, 0.25) is 0 Å². The summed E-state index contributed by atoms with van der Waals surface area (Å²) in [4.78, 5) is 4.31. The van der Waals surface area contributed by atoms with Crippen molar-refractivity contribution >= 4 is 15.5 Å². The molecule has 9 heteroatoms. The van der Waals surface area contributed by atoms with Crippen LogP contribution < -0.4 is 10.5 Å². The number of aryl methyl sites for hydroxylation is 1. The van der Waals surface area contributed by atoms with Gasteiger partial charge in [-0.15, -0.1) is 0 Å². The number of methoxy groups -OCH3 is 1. The van der Waals surface area contributed by atoms with Gasteiger partial charge in [0.05, 0.1) is 43.3 Å². The third-order valence-corrected chi connectivity index (χ3v) is 7.30. The van der Waals surface area contributed by atoms with Crippen molar-refractivity contribution < 1.29 is 22.6 Å². The molecule has 1 aromatic heterocycles. The highest BCUT2D eigenvalue weighted by Crippen LogP contribution is 2.32. The van der Waals surface area contributed by atoms with Crippen molar-refractivity contribution in [3.63, 3.8) is 0 Å². The van der Waals surface area contributed by atoms with E-state index < -0.39 is 21.7 Å². The number of sulfone groups is 1. The van der Waals surface area contributed by atoms with Gasteiger partial charge in [-0.25, -0.2) is 13.4 Å². The molecule has 2 unspecified atom stereocenters. The quantitative estimate of drug-likeness (QED) is 0.493. The average Bonchev–Trinajstić information content (AvgIpc) is 3.43. The lowest BCUT2D eigenvalue weighted by atomic mass is 10.0. The van der Waals surface area contributed by atoms with Crippen LogP contribution in [-0.4, -0.2) is 49.3 Å². The monoisotopic (exact) mass is 457 g/mol. The Morgan fingerprint density at radius 2 is 1.94 bits per heavy atom. The molecule has 32 heavy (non-hydrogen) atoms. The second kappa shape index (κ2) is 9.32. The summed E-state index contributed by atoms with van der Waals surface area (Å²) in [5.74, 6) is -0.309. The van der Waals surface area contributed by atoms with Crippen LogP contribution in [0.3, 0.4) is 0 Å². The predicted molar refractivity (Wildman–Crippen MR) is 120 cm³/mol. The first-order chi connectivity index (χ1) is 15.4. The molecule has 2 atom stereocenters. The van der Waals surface area contributed by atoms with E-state index in [1.54, 1.807) is 31.8 Å². The number of aromatic nitrogens is 2. The summed E-state index contributed by atoms with van der Waals surface area (Å²) in [6, 6.07) is 14.0. The molecule has 1 aliphatic rings. The van der Waals surface area contributed by atoms with Crippen molar-refractivity contribution in [2.24, 2.45) is 0 Å². The van der Waals surface area contributed by atoms with Gasteiger partial charge in [0.1, 0.15) is 5.75 Å². The fraction of sp³-hybridized carbons (Fsp3) is 0.348. The number of hydrogen-bond acceptors (Lipinski definition) is 7. The average molecular weight is 458 g/mol. The van der Waals surface area contributed by atoms with E-state index >= 15 is 0 Å². The van der Waals surface area contributed by atoms with E-state index in [1.807, 2.05) is 35.0 Å². The van der Waals surface area contributed by atoms with E-state index in [4.69, 9.17) is 19.9 Å². The van der Waals surface area contributed by atoms with E-state index in [1.165, 1.54) is 12.1 Å². The molecule has 0 aliphatic carbocycles. The normalized spacial score (nSPS) is 21.0. The Kier molecular flexibility index (Phi) is 6.50. The molecule has 2 aromatic carbocycles. The molecule has 1 saturated heterocycles. The summed E-state index contributed by atoms with van der Waals surface area (Å²) in [6.07, 6.45) is 5.92. The fourth-order valence-corrected chi connectivity index (χ4v) is 5.19. The number of nitrogen functional groups attached to an aromatic ring is 1. The van der Waals surface area contributed by atoms with Crippen LogP contribution in [0.5, 0.6) is 5.75 Å². The van der Waals surface area contributed by atoms with Gasteiger partial charge in [0.15, 0.2) is 15.6 Å². The molecule has 170 valence electrons. The maximum absolute atomic E-state index is 12.9. The van der Waals surface area contributed by atoms with Crippen LogP contribution >= 0.6 is 0 Å². The molecule has 3 aromatic rings. The van der Waals surface area contributed by atoms with Crippen LogP contribution in [0.4, 0.5) is 5.69 Å². The minimum absolute atomic E-state index is 0.162. The van der Waals surface area contributed by atoms with Crippen molar-refractivity contribution in [3.05, 3.63) is 72.8 Å². The van der Waals surface area contributed by atoms with Crippen LogP contribution in [0.2, 0.25) is 0 Å². The van der Waals surface area contributed by atoms with Gasteiger partial charge in [-0.05, 0) is 48.4 Å². The topological polar surface area (TPSA) is 106 Å². The molecule has 0 radical (unpaired) electrons. The molecule has 0 spiro atoms. The molecule has 1 aliphatic heterocycles. The summed E-state index contributed by atoms with van der Waals surface area (Å²) in [5.41, 5.74) is 7.31. The Bertz CT molecular complexity index is 1120. The zero-order chi connectivity index (χ0) is 22.6. The van der Waals surface area contributed by atoms with Gasteiger partial charge >= 0.3 is 0 Å². The third-order valence-electron chi connectivity index (χ3n) is 5.49. The van der Waals surface area contributed by atoms with Crippen LogP contribution in [0.25, 0.3) is 0 Å². The van der Waals surface area contributed by atoms with Crippen molar-refractivity contribution in [2.75, 3.05) is 25.2 Å². The molecular weight excluding hydrogens is 430 g/mol. The Hall–Kier alpha value is -2.88. The van der Waals surface area contributed by atoms with Crippen molar-refractivity contribution in [3.8, 4) is 5.75 Å². The lowest BCUT2D eigenvalue weighted by molar-refractivity contribution is -0.180. The number of ether oxygens (including phenoxy) is 3. The highest BCUT2D eigenvalue weighted by atomic mass is 32.2. The first-order valence-electron chi connectivity index (χ1n) is 10.4. The molecule has 0 amide bonds. The SMILES string of the molecule is COc1ccc(CCC2(Cn3ccnc3)OCC(CS(=O)(=O)c3ccc(N)cc3)O2)cc1. The highest BCUT2D eigenvalue weighted by Gasteiger charge is 2.43. The van der Waals surface area contributed by atoms with Gasteiger partial charge in [-0.3, -0.25) is 0 Å². The minimum Gasteiger partial charge on any atom is -0.497 e. The first kappa shape index (κ1) is 22.3. The summed E-state index contributed by atoms with van der Waals surface area (Å²) in [7, 11) is -1.91. The van der Waals surface area contributed by atoms with Crippen LogP contribution in [-0.2, 0) is 32.3 Å². The molecule has 2 N–H and O–H groups in total. The third kappa shape index (κ3) is 5.29. The van der Waals surface area contributed by atoms with Gasteiger partial charge in [-0.1, -0.05) is 12.1 Å². The standard InChI is InChI=1S/C23H27N3O5S/c1-29-20-6-2-18(3-7-20)10-11-23(16-26-13-12-25-17-26)30-14-21(31-23)15-32(27,28)22-8-4-19(24)5-9-22/h2-9,12-13,17,21H,10-11,14-16,24H2,1H3. The van der Waals surface area contributed by atoms with E-state index in [9.17, 15) is 8.42 Å². The van der Waals surface area contributed by atoms with Crippen molar-refractivity contribution in [2.45, 2.75) is 36.2 Å². The Labute approximate surface area is 187 Å². The molecular formula is C23H27N3O5S. The number of rotatable bonds is 9. The van der Waals surface area contributed by atoms with Crippen molar-refractivity contribution in [1.82, 2.24) is 9.55 Å². The summed E-state index contributed by atoms with van der Waals surface area (Å²) in [6.45, 7) is 0.618. The summed E-state index contributed by atoms with van der Waals surface area (Å²) < 4.78 is 45.2. The largest absolute Gasteiger partial charge is 0.497 e. The van der Waals surface area contributed by atoms with E-state index in [0.717, 1.165) is 11.3 Å². The number of hydrogen-bond donors (Lipinski definition) is 1. The van der Waals surface area contributed by atoms with Gasteiger partial charge in [0.25, 0.3) is 0 Å². The molecule has 1 fully saturated rings. The molecule has 2 heterocycles. The number of benzene rings is 2. The number of anilines is 1. The van der Waals surface area contributed by atoms with Gasteiger partial charge in [-0.2, -0.15) is 0 Å².